The summed E-state index contributed by atoms with van der Waals surface area (Å²) >= 11 is 1.88. The lowest BCUT2D eigenvalue weighted by atomic mass is 9.97. The fourth-order valence-electron chi connectivity index (χ4n) is 4.42. The van der Waals surface area contributed by atoms with E-state index in [4.69, 9.17) is 9.72 Å². The van der Waals surface area contributed by atoms with Crippen LogP contribution in [0.25, 0.3) is 10.2 Å². The van der Waals surface area contributed by atoms with Crippen LogP contribution in [0.3, 0.4) is 0 Å². The molecule has 0 saturated carbocycles. The Bertz CT molecular complexity index is 976. The number of thiophene rings is 1. The Morgan fingerprint density at radius 1 is 1.00 bits per heavy atom. The molecule has 1 saturated heterocycles. The number of aromatic nitrogens is 2. The van der Waals surface area contributed by atoms with Crippen LogP contribution in [0.5, 0.6) is 5.75 Å². The first-order valence-electron chi connectivity index (χ1n) is 10.7. The second kappa shape index (κ2) is 8.28. The maximum Gasteiger partial charge on any atom is 0.141 e. The molecule has 5 nitrogen and oxygen atoms in total. The molecular formula is C23H28N4OS. The van der Waals surface area contributed by atoms with E-state index in [1.165, 1.54) is 47.0 Å². The summed E-state index contributed by atoms with van der Waals surface area (Å²) in [6.07, 6.45) is 6.76. The highest BCUT2D eigenvalue weighted by molar-refractivity contribution is 7.19. The van der Waals surface area contributed by atoms with Crippen molar-refractivity contribution < 1.29 is 4.74 Å². The molecule has 0 amide bonds. The van der Waals surface area contributed by atoms with Crippen LogP contribution in [0.15, 0.2) is 30.6 Å². The van der Waals surface area contributed by atoms with Crippen molar-refractivity contribution in [3.8, 4) is 5.75 Å². The Kier molecular flexibility index (Phi) is 5.38. The molecule has 152 valence electrons. The van der Waals surface area contributed by atoms with Gasteiger partial charge in [-0.15, -0.1) is 11.3 Å². The lowest BCUT2D eigenvalue weighted by Crippen LogP contribution is -2.47. The number of hydrogen-bond acceptors (Lipinski definition) is 6. The van der Waals surface area contributed by atoms with Crippen molar-refractivity contribution in [2.45, 2.75) is 32.6 Å². The highest BCUT2D eigenvalue weighted by atomic mass is 32.1. The number of aryl methyl sites for hydroxylation is 3. The minimum absolute atomic E-state index is 0.735. The maximum atomic E-state index is 5.91. The predicted molar refractivity (Wildman–Crippen MR) is 119 cm³/mol. The third-order valence-corrected chi connectivity index (χ3v) is 7.30. The Labute approximate surface area is 176 Å². The monoisotopic (exact) mass is 408 g/mol. The normalized spacial score (nSPS) is 17.5. The average molecular weight is 409 g/mol. The second-order valence-electron chi connectivity index (χ2n) is 8.08. The molecule has 0 radical (unpaired) electrons. The Hall–Kier alpha value is -2.18. The molecule has 0 atom stereocenters. The predicted octanol–water partition coefficient (Wildman–Crippen LogP) is 4.08. The number of nitrogens with zero attached hydrogens (tertiary/aromatic N) is 4. The molecule has 1 aromatic carbocycles. The number of hydrogen-bond donors (Lipinski definition) is 0. The van der Waals surface area contributed by atoms with Crippen LogP contribution < -0.4 is 9.64 Å². The second-order valence-corrected chi connectivity index (χ2v) is 9.16. The standard InChI is InChI=1S/C23H28N4OS/c1-17-6-8-18(9-7-17)28-15-14-26-10-12-27(13-11-26)22-21-19-4-2-3-5-20(19)29-23(21)25-16-24-22/h6-9,16H,2-5,10-15H2,1H3. The van der Waals surface area contributed by atoms with Crippen LogP contribution in [-0.2, 0) is 12.8 Å². The van der Waals surface area contributed by atoms with Gasteiger partial charge in [0, 0.05) is 37.6 Å². The van der Waals surface area contributed by atoms with E-state index in [2.05, 4.69) is 46.0 Å². The number of fused-ring (bicyclic) bond motifs is 3. The van der Waals surface area contributed by atoms with Gasteiger partial charge in [-0.2, -0.15) is 0 Å². The van der Waals surface area contributed by atoms with Gasteiger partial charge in [-0.3, -0.25) is 4.90 Å². The van der Waals surface area contributed by atoms with Crippen molar-refractivity contribution in [2.24, 2.45) is 0 Å². The molecule has 29 heavy (non-hydrogen) atoms. The number of ether oxygens (including phenoxy) is 1. The summed E-state index contributed by atoms with van der Waals surface area (Å²) in [5.74, 6) is 2.12. The summed E-state index contributed by atoms with van der Waals surface area (Å²) in [4.78, 5) is 17.0. The molecule has 1 aliphatic carbocycles. The average Bonchev–Trinajstić information content (AvgIpc) is 3.14. The molecule has 2 aliphatic rings. The van der Waals surface area contributed by atoms with Gasteiger partial charge < -0.3 is 9.64 Å². The van der Waals surface area contributed by atoms with Gasteiger partial charge in [0.1, 0.15) is 29.3 Å². The van der Waals surface area contributed by atoms with Gasteiger partial charge in [-0.25, -0.2) is 9.97 Å². The van der Waals surface area contributed by atoms with Gasteiger partial charge in [-0.05, 0) is 50.3 Å². The van der Waals surface area contributed by atoms with E-state index in [-0.39, 0.29) is 0 Å². The van der Waals surface area contributed by atoms with Crippen LogP contribution in [0, 0.1) is 6.92 Å². The van der Waals surface area contributed by atoms with E-state index >= 15 is 0 Å². The van der Waals surface area contributed by atoms with E-state index in [0.717, 1.165) is 50.9 Å². The number of piperazine rings is 1. The van der Waals surface area contributed by atoms with Gasteiger partial charge in [0.05, 0.1) is 5.39 Å². The summed E-state index contributed by atoms with van der Waals surface area (Å²) < 4.78 is 5.91. The quantitative estimate of drug-likeness (QED) is 0.636. The molecular weight excluding hydrogens is 380 g/mol. The Morgan fingerprint density at radius 2 is 1.79 bits per heavy atom. The molecule has 1 aliphatic heterocycles. The van der Waals surface area contributed by atoms with E-state index in [0.29, 0.717) is 0 Å². The van der Waals surface area contributed by atoms with Crippen LogP contribution in [0.4, 0.5) is 5.82 Å². The molecule has 0 spiro atoms. The first-order chi connectivity index (χ1) is 14.3. The van der Waals surface area contributed by atoms with Crippen LogP contribution in [-0.4, -0.2) is 54.2 Å². The maximum absolute atomic E-state index is 5.91. The topological polar surface area (TPSA) is 41.5 Å². The highest BCUT2D eigenvalue weighted by Crippen LogP contribution is 2.39. The van der Waals surface area contributed by atoms with Crippen molar-refractivity contribution in [3.05, 3.63) is 46.6 Å². The van der Waals surface area contributed by atoms with Crippen molar-refractivity contribution in [2.75, 3.05) is 44.2 Å². The van der Waals surface area contributed by atoms with Crippen molar-refractivity contribution in [1.82, 2.24) is 14.9 Å². The summed E-state index contributed by atoms with van der Waals surface area (Å²) in [5.41, 5.74) is 2.79. The Morgan fingerprint density at radius 3 is 2.62 bits per heavy atom. The summed E-state index contributed by atoms with van der Waals surface area (Å²) in [6.45, 7) is 7.93. The Balaban J connectivity index is 1.21. The highest BCUT2D eigenvalue weighted by Gasteiger charge is 2.24. The molecule has 1 fully saturated rings. The number of rotatable bonds is 5. The molecule has 3 heterocycles. The lowest BCUT2D eigenvalue weighted by Gasteiger charge is -2.35. The zero-order valence-electron chi connectivity index (χ0n) is 17.1. The SMILES string of the molecule is Cc1ccc(OCCN2CCN(c3ncnc4sc5c(c34)CCCC5)CC2)cc1. The summed E-state index contributed by atoms with van der Waals surface area (Å²) in [7, 11) is 0. The summed E-state index contributed by atoms with van der Waals surface area (Å²) in [5, 5.41) is 1.34. The van der Waals surface area contributed by atoms with E-state index in [1.54, 1.807) is 11.2 Å². The van der Waals surface area contributed by atoms with Crippen LogP contribution in [0.1, 0.15) is 28.8 Å². The van der Waals surface area contributed by atoms with E-state index in [1.807, 2.05) is 11.3 Å². The third kappa shape index (κ3) is 3.96. The zero-order valence-corrected chi connectivity index (χ0v) is 17.9. The van der Waals surface area contributed by atoms with Crippen LogP contribution >= 0.6 is 11.3 Å². The van der Waals surface area contributed by atoms with Crippen molar-refractivity contribution in [1.29, 1.82) is 0 Å². The molecule has 0 unspecified atom stereocenters. The third-order valence-electron chi connectivity index (χ3n) is 6.10. The fraction of sp³-hybridized carbons (Fsp3) is 0.478. The van der Waals surface area contributed by atoms with Crippen molar-refractivity contribution >= 4 is 27.4 Å². The molecule has 0 bridgehead atoms. The minimum atomic E-state index is 0.735. The largest absolute Gasteiger partial charge is 0.492 e. The molecule has 3 aromatic rings. The van der Waals surface area contributed by atoms with E-state index < -0.39 is 0 Å². The number of benzene rings is 1. The molecule has 5 rings (SSSR count). The first kappa shape index (κ1) is 18.8. The minimum Gasteiger partial charge on any atom is -0.492 e. The zero-order chi connectivity index (χ0) is 19.6. The lowest BCUT2D eigenvalue weighted by molar-refractivity contribution is 0.200. The first-order valence-corrected chi connectivity index (χ1v) is 11.5. The van der Waals surface area contributed by atoms with Gasteiger partial charge in [0.25, 0.3) is 0 Å². The summed E-state index contributed by atoms with van der Waals surface area (Å²) in [6, 6.07) is 8.30. The van der Waals surface area contributed by atoms with Crippen molar-refractivity contribution in [3.63, 3.8) is 0 Å². The molecule has 0 N–H and O–H groups in total. The van der Waals surface area contributed by atoms with E-state index in [9.17, 15) is 0 Å². The van der Waals surface area contributed by atoms with Gasteiger partial charge in [0.15, 0.2) is 0 Å². The molecule has 2 aromatic heterocycles. The smallest absolute Gasteiger partial charge is 0.141 e. The number of anilines is 1. The van der Waals surface area contributed by atoms with Gasteiger partial charge >= 0.3 is 0 Å². The molecule has 6 heteroatoms. The van der Waals surface area contributed by atoms with Gasteiger partial charge in [0.2, 0.25) is 0 Å². The van der Waals surface area contributed by atoms with Gasteiger partial charge in [-0.1, -0.05) is 17.7 Å². The fourth-order valence-corrected chi connectivity index (χ4v) is 5.65. The van der Waals surface area contributed by atoms with Crippen LogP contribution in [0.2, 0.25) is 0 Å².